The van der Waals surface area contributed by atoms with Crippen molar-refractivity contribution < 1.29 is 26.3 Å². The minimum atomic E-state index is -4.58. The zero-order valence-corrected chi connectivity index (χ0v) is 25.7. The van der Waals surface area contributed by atoms with E-state index in [9.17, 15) is 26.3 Å². The van der Waals surface area contributed by atoms with Gasteiger partial charge in [-0.1, -0.05) is 47.6 Å². The maximum atomic E-state index is 13.4. The molecule has 0 fully saturated rings. The van der Waals surface area contributed by atoms with Gasteiger partial charge in [0.15, 0.2) is 0 Å². The van der Waals surface area contributed by atoms with Crippen molar-refractivity contribution in [2.24, 2.45) is 0 Å². The molecule has 1 aromatic carbocycles. The van der Waals surface area contributed by atoms with Gasteiger partial charge in [-0.3, -0.25) is 15.1 Å². The van der Waals surface area contributed by atoms with Crippen LogP contribution in [0.15, 0.2) is 48.5 Å². The molecule has 0 saturated carbocycles. The molecule has 0 aliphatic heterocycles. The SMILES string of the molecule is Cc1cc(C(F)(F)F)ccc1-c1cc(C(C)(C)C)cc(C(C)(C)c2cc(C(C)(C)C)cc(-c3cc(C(F)(F)F)[nH]n3)n2)n1. The third kappa shape index (κ3) is 6.78. The van der Waals surface area contributed by atoms with E-state index in [4.69, 9.17) is 9.97 Å². The highest BCUT2D eigenvalue weighted by molar-refractivity contribution is 5.66. The Bertz CT molecular complexity index is 1650. The van der Waals surface area contributed by atoms with E-state index in [0.29, 0.717) is 28.2 Å². The van der Waals surface area contributed by atoms with Crippen LogP contribution < -0.4 is 0 Å². The first-order chi connectivity index (χ1) is 19.5. The predicted octanol–water partition coefficient (Wildman–Crippen LogP) is 9.80. The third-order valence-corrected chi connectivity index (χ3v) is 7.64. The van der Waals surface area contributed by atoms with Gasteiger partial charge in [-0.25, -0.2) is 0 Å². The average Bonchev–Trinajstić information content (AvgIpc) is 3.38. The fraction of sp³-hybridized carbons (Fsp3) is 0.424. The molecule has 0 spiro atoms. The highest BCUT2D eigenvalue weighted by atomic mass is 19.4. The van der Waals surface area contributed by atoms with Crippen LogP contribution in [0.2, 0.25) is 0 Å². The van der Waals surface area contributed by atoms with Crippen molar-refractivity contribution in [3.8, 4) is 22.6 Å². The molecule has 3 aromatic heterocycles. The summed E-state index contributed by atoms with van der Waals surface area (Å²) in [5, 5.41) is 5.97. The molecule has 43 heavy (non-hydrogen) atoms. The number of hydrogen-bond acceptors (Lipinski definition) is 3. The molecule has 0 aliphatic carbocycles. The second kappa shape index (κ2) is 10.5. The molecule has 0 unspecified atom stereocenters. The lowest BCUT2D eigenvalue weighted by atomic mass is 9.78. The van der Waals surface area contributed by atoms with Crippen LogP contribution in [0.3, 0.4) is 0 Å². The molecule has 0 saturated heterocycles. The smallest absolute Gasteiger partial charge is 0.273 e. The van der Waals surface area contributed by atoms with Crippen LogP contribution >= 0.6 is 0 Å². The Morgan fingerprint density at radius 1 is 0.558 bits per heavy atom. The summed E-state index contributed by atoms with van der Waals surface area (Å²) in [5.41, 5.74) is 1.61. The lowest BCUT2D eigenvalue weighted by molar-refractivity contribution is -0.141. The van der Waals surface area contributed by atoms with Crippen LogP contribution in [0, 0.1) is 6.92 Å². The van der Waals surface area contributed by atoms with Crippen LogP contribution in [-0.2, 0) is 28.6 Å². The number of aromatic nitrogens is 4. The van der Waals surface area contributed by atoms with E-state index in [1.54, 1.807) is 13.0 Å². The van der Waals surface area contributed by atoms with E-state index in [1.807, 2.05) is 73.6 Å². The van der Waals surface area contributed by atoms with Crippen molar-refractivity contribution in [3.05, 3.63) is 87.9 Å². The molecule has 4 nitrogen and oxygen atoms in total. The van der Waals surface area contributed by atoms with Crippen molar-refractivity contribution in [1.82, 2.24) is 20.2 Å². The topological polar surface area (TPSA) is 54.5 Å². The first-order valence-electron chi connectivity index (χ1n) is 13.9. The number of rotatable bonds is 4. The van der Waals surface area contributed by atoms with Crippen molar-refractivity contribution in [2.75, 3.05) is 0 Å². The Hall–Kier alpha value is -3.69. The van der Waals surface area contributed by atoms with Gasteiger partial charge in [0.25, 0.3) is 0 Å². The van der Waals surface area contributed by atoms with Crippen molar-refractivity contribution in [1.29, 1.82) is 0 Å². The van der Waals surface area contributed by atoms with E-state index in [0.717, 1.165) is 29.3 Å². The molecular formula is C33H36F6N4. The molecular weight excluding hydrogens is 566 g/mol. The minimum absolute atomic E-state index is 0.0629. The number of pyridine rings is 2. The molecule has 4 rings (SSSR count). The zero-order chi connectivity index (χ0) is 32.3. The molecule has 0 bridgehead atoms. The summed E-state index contributed by atoms with van der Waals surface area (Å²) in [4.78, 5) is 9.75. The Balaban J connectivity index is 1.93. The lowest BCUT2D eigenvalue weighted by Gasteiger charge is -2.30. The van der Waals surface area contributed by atoms with E-state index in [-0.39, 0.29) is 22.2 Å². The maximum absolute atomic E-state index is 13.4. The number of aryl methyl sites for hydroxylation is 1. The van der Waals surface area contributed by atoms with Gasteiger partial charge >= 0.3 is 12.4 Å². The summed E-state index contributed by atoms with van der Waals surface area (Å²) in [6, 6.07) is 12.1. The summed E-state index contributed by atoms with van der Waals surface area (Å²) < 4.78 is 80.2. The first-order valence-corrected chi connectivity index (χ1v) is 13.9. The van der Waals surface area contributed by atoms with Gasteiger partial charge in [-0.05, 0) is 90.8 Å². The lowest BCUT2D eigenvalue weighted by Crippen LogP contribution is -2.26. The van der Waals surface area contributed by atoms with Crippen molar-refractivity contribution in [3.63, 3.8) is 0 Å². The number of H-pyrrole nitrogens is 1. The van der Waals surface area contributed by atoms with Gasteiger partial charge in [0.1, 0.15) is 11.4 Å². The van der Waals surface area contributed by atoms with E-state index < -0.39 is 29.0 Å². The summed E-state index contributed by atoms with van der Waals surface area (Å²) in [6.07, 6.45) is -9.05. The number of alkyl halides is 6. The second-order valence-electron chi connectivity index (χ2n) is 13.6. The molecule has 0 atom stereocenters. The number of hydrogen-bond donors (Lipinski definition) is 1. The summed E-state index contributed by atoms with van der Waals surface area (Å²) in [7, 11) is 0. The number of halogens is 6. The fourth-order valence-corrected chi connectivity index (χ4v) is 4.69. The minimum Gasteiger partial charge on any atom is -0.273 e. The summed E-state index contributed by atoms with van der Waals surface area (Å²) >= 11 is 0. The van der Waals surface area contributed by atoms with Gasteiger partial charge in [0.05, 0.1) is 28.3 Å². The van der Waals surface area contributed by atoms with Gasteiger partial charge in [0, 0.05) is 11.0 Å². The normalized spacial score (nSPS) is 13.5. The van der Waals surface area contributed by atoms with Crippen molar-refractivity contribution in [2.45, 2.75) is 90.9 Å². The van der Waals surface area contributed by atoms with Crippen LogP contribution in [0.4, 0.5) is 26.3 Å². The Labute approximate surface area is 248 Å². The molecule has 230 valence electrons. The Morgan fingerprint density at radius 2 is 1.07 bits per heavy atom. The van der Waals surface area contributed by atoms with Gasteiger partial charge < -0.3 is 0 Å². The largest absolute Gasteiger partial charge is 0.432 e. The Kier molecular flexibility index (Phi) is 7.86. The summed E-state index contributed by atoms with van der Waals surface area (Å²) in [6.45, 7) is 17.6. The van der Waals surface area contributed by atoms with E-state index in [1.165, 1.54) is 6.07 Å². The van der Waals surface area contributed by atoms with Gasteiger partial charge in [-0.2, -0.15) is 31.4 Å². The number of aromatic amines is 1. The quantitative estimate of drug-likeness (QED) is 0.237. The third-order valence-electron chi connectivity index (χ3n) is 7.64. The fourth-order valence-electron chi connectivity index (χ4n) is 4.69. The van der Waals surface area contributed by atoms with E-state index in [2.05, 4.69) is 10.2 Å². The van der Waals surface area contributed by atoms with Gasteiger partial charge in [0.2, 0.25) is 0 Å². The number of benzene rings is 1. The summed E-state index contributed by atoms with van der Waals surface area (Å²) in [5.74, 6) is 0. The van der Waals surface area contributed by atoms with Crippen LogP contribution in [0.25, 0.3) is 22.6 Å². The Morgan fingerprint density at radius 3 is 1.51 bits per heavy atom. The number of nitrogens with one attached hydrogen (secondary N) is 1. The molecule has 4 aromatic rings. The molecule has 0 radical (unpaired) electrons. The highest BCUT2D eigenvalue weighted by Gasteiger charge is 2.35. The first kappa shape index (κ1) is 32.2. The monoisotopic (exact) mass is 602 g/mol. The molecule has 0 aliphatic rings. The predicted molar refractivity (Wildman–Crippen MR) is 156 cm³/mol. The van der Waals surface area contributed by atoms with E-state index >= 15 is 0 Å². The van der Waals surface area contributed by atoms with Crippen LogP contribution in [0.1, 0.15) is 94.7 Å². The van der Waals surface area contributed by atoms with Crippen LogP contribution in [0.5, 0.6) is 0 Å². The zero-order valence-electron chi connectivity index (χ0n) is 25.7. The van der Waals surface area contributed by atoms with Gasteiger partial charge in [-0.15, -0.1) is 0 Å². The highest BCUT2D eigenvalue weighted by Crippen LogP contribution is 2.39. The molecule has 0 amide bonds. The number of nitrogens with zero attached hydrogens (tertiary/aromatic N) is 3. The second-order valence-corrected chi connectivity index (χ2v) is 13.6. The molecule has 3 heterocycles. The van der Waals surface area contributed by atoms with Crippen molar-refractivity contribution >= 4 is 0 Å². The van der Waals surface area contributed by atoms with Crippen LogP contribution in [-0.4, -0.2) is 20.2 Å². The maximum Gasteiger partial charge on any atom is 0.432 e. The molecule has 1 N–H and O–H groups in total. The molecule has 10 heteroatoms. The standard InChI is InChI=1S/C33H36F6N4/c1-18-12-19(32(34,35)36)10-11-22(18)23-13-20(29(2,3)4)15-26(40-23)31(8,9)27-16-21(30(5,6)7)14-24(41-27)25-17-28(43-42-25)33(37,38)39/h10-17H,1-9H3,(H,42,43). The average molecular weight is 603 g/mol.